The first-order valence-electron chi connectivity index (χ1n) is 5.66. The molecule has 1 aliphatic rings. The molecule has 2 amide bonds. The van der Waals surface area contributed by atoms with Gasteiger partial charge in [-0.1, -0.05) is 13.8 Å². The molecule has 15 heavy (non-hydrogen) atoms. The molecular formula is C11H20N2O2. The third kappa shape index (κ3) is 3.90. The molecule has 0 atom stereocenters. The number of piperidine rings is 1. The van der Waals surface area contributed by atoms with Crippen LogP contribution in [0.3, 0.4) is 0 Å². The minimum atomic E-state index is 0.0158. The van der Waals surface area contributed by atoms with Gasteiger partial charge in [0.2, 0.25) is 11.8 Å². The summed E-state index contributed by atoms with van der Waals surface area (Å²) in [6.45, 7) is 5.79. The van der Waals surface area contributed by atoms with Crippen molar-refractivity contribution in [2.24, 2.45) is 5.92 Å². The van der Waals surface area contributed by atoms with Gasteiger partial charge in [0.05, 0.1) is 0 Å². The molecule has 1 fully saturated rings. The molecule has 0 aromatic rings. The van der Waals surface area contributed by atoms with Gasteiger partial charge in [0.1, 0.15) is 0 Å². The van der Waals surface area contributed by atoms with Gasteiger partial charge in [-0.25, -0.2) is 0 Å². The fourth-order valence-corrected chi connectivity index (χ4v) is 1.62. The lowest BCUT2D eigenvalue weighted by molar-refractivity contribution is -0.133. The lowest BCUT2D eigenvalue weighted by Crippen LogP contribution is -2.41. The van der Waals surface area contributed by atoms with Crippen LogP contribution in [-0.2, 0) is 9.59 Å². The molecule has 0 radical (unpaired) electrons. The SMILES string of the molecule is CC(C)C(=O)NCCN1CCCCC1=O. The van der Waals surface area contributed by atoms with E-state index in [1.54, 1.807) is 0 Å². The Kier molecular flexibility index (Phi) is 4.59. The van der Waals surface area contributed by atoms with E-state index in [1.807, 2.05) is 18.7 Å². The van der Waals surface area contributed by atoms with E-state index in [0.29, 0.717) is 19.5 Å². The quantitative estimate of drug-likeness (QED) is 0.748. The van der Waals surface area contributed by atoms with Gasteiger partial charge in [0.25, 0.3) is 0 Å². The Labute approximate surface area is 91.0 Å². The maximum absolute atomic E-state index is 11.4. The number of nitrogens with zero attached hydrogens (tertiary/aromatic N) is 1. The second-order valence-electron chi connectivity index (χ2n) is 4.28. The zero-order valence-electron chi connectivity index (χ0n) is 9.58. The molecule has 0 spiro atoms. The van der Waals surface area contributed by atoms with Crippen LogP contribution in [0, 0.1) is 5.92 Å². The van der Waals surface area contributed by atoms with Gasteiger partial charge in [-0.2, -0.15) is 0 Å². The van der Waals surface area contributed by atoms with Crippen molar-refractivity contribution in [3.8, 4) is 0 Å². The van der Waals surface area contributed by atoms with Crippen molar-refractivity contribution < 1.29 is 9.59 Å². The number of hydrogen-bond acceptors (Lipinski definition) is 2. The van der Waals surface area contributed by atoms with Gasteiger partial charge < -0.3 is 10.2 Å². The monoisotopic (exact) mass is 212 g/mol. The van der Waals surface area contributed by atoms with Crippen LogP contribution in [0.15, 0.2) is 0 Å². The summed E-state index contributed by atoms with van der Waals surface area (Å²) in [5.41, 5.74) is 0. The van der Waals surface area contributed by atoms with Crippen molar-refractivity contribution in [3.05, 3.63) is 0 Å². The van der Waals surface area contributed by atoms with Crippen LogP contribution < -0.4 is 5.32 Å². The van der Waals surface area contributed by atoms with Crippen molar-refractivity contribution in [3.63, 3.8) is 0 Å². The van der Waals surface area contributed by atoms with Gasteiger partial charge in [0.15, 0.2) is 0 Å². The Morgan fingerprint density at radius 3 is 2.80 bits per heavy atom. The smallest absolute Gasteiger partial charge is 0.222 e. The van der Waals surface area contributed by atoms with Crippen LogP contribution in [0.4, 0.5) is 0 Å². The molecule has 4 heteroatoms. The number of amides is 2. The first kappa shape index (κ1) is 12.0. The van der Waals surface area contributed by atoms with Gasteiger partial charge in [-0.15, -0.1) is 0 Å². The molecule has 4 nitrogen and oxygen atoms in total. The van der Waals surface area contributed by atoms with E-state index in [4.69, 9.17) is 0 Å². The van der Waals surface area contributed by atoms with Crippen molar-refractivity contribution in [1.29, 1.82) is 0 Å². The Morgan fingerprint density at radius 2 is 2.20 bits per heavy atom. The first-order chi connectivity index (χ1) is 7.11. The van der Waals surface area contributed by atoms with Crippen LogP contribution in [0.25, 0.3) is 0 Å². The number of carbonyl (C=O) groups excluding carboxylic acids is 2. The molecule has 1 heterocycles. The van der Waals surface area contributed by atoms with Gasteiger partial charge in [-0.3, -0.25) is 9.59 Å². The van der Waals surface area contributed by atoms with Crippen molar-refractivity contribution in [2.75, 3.05) is 19.6 Å². The standard InChI is InChI=1S/C11H20N2O2/c1-9(2)11(15)12-6-8-13-7-4-3-5-10(13)14/h9H,3-8H2,1-2H3,(H,12,15). The van der Waals surface area contributed by atoms with E-state index < -0.39 is 0 Å². The predicted octanol–water partition coefficient (Wildman–Crippen LogP) is 0.771. The van der Waals surface area contributed by atoms with Crippen LogP contribution >= 0.6 is 0 Å². The first-order valence-corrected chi connectivity index (χ1v) is 5.66. The van der Waals surface area contributed by atoms with E-state index in [2.05, 4.69) is 5.32 Å². The zero-order chi connectivity index (χ0) is 11.3. The van der Waals surface area contributed by atoms with E-state index in [1.165, 1.54) is 0 Å². The Hall–Kier alpha value is -1.06. The fourth-order valence-electron chi connectivity index (χ4n) is 1.62. The van der Waals surface area contributed by atoms with E-state index in [0.717, 1.165) is 19.4 Å². The highest BCUT2D eigenvalue weighted by atomic mass is 16.2. The molecule has 0 saturated carbocycles. The molecule has 1 N–H and O–H groups in total. The summed E-state index contributed by atoms with van der Waals surface area (Å²) in [5.74, 6) is 0.293. The van der Waals surface area contributed by atoms with E-state index in [-0.39, 0.29) is 17.7 Å². The maximum Gasteiger partial charge on any atom is 0.222 e. The molecule has 1 aliphatic heterocycles. The van der Waals surface area contributed by atoms with Crippen LogP contribution in [0.2, 0.25) is 0 Å². The number of hydrogen-bond donors (Lipinski definition) is 1. The Morgan fingerprint density at radius 1 is 1.47 bits per heavy atom. The fraction of sp³-hybridized carbons (Fsp3) is 0.818. The second-order valence-corrected chi connectivity index (χ2v) is 4.28. The number of rotatable bonds is 4. The summed E-state index contributed by atoms with van der Waals surface area (Å²) < 4.78 is 0. The second kappa shape index (κ2) is 5.73. The van der Waals surface area contributed by atoms with Gasteiger partial charge in [0, 0.05) is 32.0 Å². The van der Waals surface area contributed by atoms with E-state index >= 15 is 0 Å². The van der Waals surface area contributed by atoms with Gasteiger partial charge >= 0.3 is 0 Å². The Balaban J connectivity index is 2.19. The number of carbonyl (C=O) groups is 2. The maximum atomic E-state index is 11.4. The molecule has 0 aromatic heterocycles. The summed E-state index contributed by atoms with van der Waals surface area (Å²) >= 11 is 0. The van der Waals surface area contributed by atoms with Crippen molar-refractivity contribution in [1.82, 2.24) is 10.2 Å². The molecule has 0 aromatic carbocycles. The average molecular weight is 212 g/mol. The normalized spacial score (nSPS) is 17.0. The van der Waals surface area contributed by atoms with Gasteiger partial charge in [-0.05, 0) is 12.8 Å². The summed E-state index contributed by atoms with van der Waals surface area (Å²) in [6, 6.07) is 0. The molecule has 86 valence electrons. The highest BCUT2D eigenvalue weighted by molar-refractivity contribution is 5.78. The summed E-state index contributed by atoms with van der Waals surface area (Å²) in [6.07, 6.45) is 2.76. The highest BCUT2D eigenvalue weighted by Crippen LogP contribution is 2.09. The molecular weight excluding hydrogens is 192 g/mol. The Bertz CT molecular complexity index is 239. The molecule has 0 aliphatic carbocycles. The number of nitrogens with one attached hydrogen (secondary N) is 1. The molecule has 0 unspecified atom stereocenters. The predicted molar refractivity (Wildman–Crippen MR) is 58.3 cm³/mol. The van der Waals surface area contributed by atoms with Crippen LogP contribution in [0.1, 0.15) is 33.1 Å². The van der Waals surface area contributed by atoms with Crippen LogP contribution in [0.5, 0.6) is 0 Å². The minimum Gasteiger partial charge on any atom is -0.354 e. The number of likely N-dealkylation sites (tertiary alicyclic amines) is 1. The summed E-state index contributed by atoms with van der Waals surface area (Å²) in [7, 11) is 0. The van der Waals surface area contributed by atoms with Crippen LogP contribution in [-0.4, -0.2) is 36.3 Å². The largest absolute Gasteiger partial charge is 0.354 e. The highest BCUT2D eigenvalue weighted by Gasteiger charge is 2.17. The molecule has 1 saturated heterocycles. The van der Waals surface area contributed by atoms with Crippen molar-refractivity contribution >= 4 is 11.8 Å². The lowest BCUT2D eigenvalue weighted by atomic mass is 10.1. The minimum absolute atomic E-state index is 0.0158. The summed E-state index contributed by atoms with van der Waals surface area (Å²) in [4.78, 5) is 24.5. The third-order valence-corrected chi connectivity index (χ3v) is 2.63. The zero-order valence-corrected chi connectivity index (χ0v) is 9.58. The average Bonchev–Trinajstić information content (AvgIpc) is 2.20. The van der Waals surface area contributed by atoms with E-state index in [9.17, 15) is 9.59 Å². The lowest BCUT2D eigenvalue weighted by Gasteiger charge is -2.26. The third-order valence-electron chi connectivity index (χ3n) is 2.63. The topological polar surface area (TPSA) is 49.4 Å². The van der Waals surface area contributed by atoms with Crippen molar-refractivity contribution in [2.45, 2.75) is 33.1 Å². The molecule has 1 rings (SSSR count). The summed E-state index contributed by atoms with van der Waals surface area (Å²) in [5, 5.41) is 2.82. The molecule has 0 bridgehead atoms.